The maximum absolute atomic E-state index is 14.0. The highest BCUT2D eigenvalue weighted by Crippen LogP contribution is 2.35. The molecule has 20 heavy (non-hydrogen) atoms. The largest absolute Gasteiger partial charge is 0.396 e. The maximum atomic E-state index is 14.0. The Morgan fingerprint density at radius 2 is 2.15 bits per heavy atom. The molecule has 1 fully saturated rings. The molecule has 0 saturated carbocycles. The van der Waals surface area contributed by atoms with Crippen LogP contribution in [0.4, 0.5) is 8.78 Å². The number of rotatable bonds is 4. The molecule has 2 rings (SSSR count). The molecule has 4 heteroatoms. The summed E-state index contributed by atoms with van der Waals surface area (Å²) in [6, 6.07) is 3.76. The van der Waals surface area contributed by atoms with E-state index < -0.39 is 11.6 Å². The predicted octanol–water partition coefficient (Wildman–Crippen LogP) is 3.51. The summed E-state index contributed by atoms with van der Waals surface area (Å²) in [7, 11) is 0. The second kappa shape index (κ2) is 6.19. The van der Waals surface area contributed by atoms with Crippen LogP contribution in [-0.4, -0.2) is 29.7 Å². The van der Waals surface area contributed by atoms with Crippen LogP contribution < -0.4 is 0 Å². The summed E-state index contributed by atoms with van der Waals surface area (Å²) in [5, 5.41) is 9.53. The van der Waals surface area contributed by atoms with Gasteiger partial charge >= 0.3 is 0 Å². The predicted molar refractivity (Wildman–Crippen MR) is 75.4 cm³/mol. The second-order valence-corrected chi connectivity index (χ2v) is 6.13. The molecule has 1 aliphatic heterocycles. The molecule has 1 N–H and O–H groups in total. The Morgan fingerprint density at radius 1 is 1.40 bits per heavy atom. The number of aliphatic hydroxyl groups excluding tert-OH is 1. The molecule has 1 aromatic carbocycles. The number of hydrogen-bond donors (Lipinski definition) is 1. The summed E-state index contributed by atoms with van der Waals surface area (Å²) in [4.78, 5) is 2.22. The average molecular weight is 283 g/mol. The fourth-order valence-corrected chi connectivity index (χ4v) is 3.20. The van der Waals surface area contributed by atoms with Crippen LogP contribution in [0.5, 0.6) is 0 Å². The molecule has 2 atom stereocenters. The van der Waals surface area contributed by atoms with Crippen molar-refractivity contribution in [3.05, 3.63) is 35.4 Å². The van der Waals surface area contributed by atoms with Crippen molar-refractivity contribution in [3.63, 3.8) is 0 Å². The molecular weight excluding hydrogens is 260 g/mol. The summed E-state index contributed by atoms with van der Waals surface area (Å²) in [5.41, 5.74) is 0.429. The fourth-order valence-electron chi connectivity index (χ4n) is 3.20. The van der Waals surface area contributed by atoms with Crippen molar-refractivity contribution in [1.29, 1.82) is 0 Å². The van der Waals surface area contributed by atoms with Gasteiger partial charge in [0.1, 0.15) is 11.6 Å². The first-order chi connectivity index (χ1) is 9.49. The molecule has 2 nitrogen and oxygen atoms in total. The van der Waals surface area contributed by atoms with Crippen LogP contribution in [0.3, 0.4) is 0 Å². The van der Waals surface area contributed by atoms with E-state index in [1.54, 1.807) is 6.07 Å². The summed E-state index contributed by atoms with van der Waals surface area (Å²) in [6.45, 7) is 5.86. The zero-order valence-corrected chi connectivity index (χ0v) is 12.2. The van der Waals surface area contributed by atoms with Gasteiger partial charge < -0.3 is 5.11 Å². The number of halogens is 2. The zero-order valence-electron chi connectivity index (χ0n) is 12.2. The molecule has 0 radical (unpaired) electrons. The number of aliphatic hydroxyl groups is 1. The summed E-state index contributed by atoms with van der Waals surface area (Å²) >= 11 is 0. The molecule has 0 aromatic heterocycles. The Bertz CT molecular complexity index is 466. The van der Waals surface area contributed by atoms with Gasteiger partial charge in [0.25, 0.3) is 0 Å². The van der Waals surface area contributed by atoms with Crippen LogP contribution in [0.15, 0.2) is 18.2 Å². The van der Waals surface area contributed by atoms with E-state index in [1.807, 2.05) is 6.92 Å². The topological polar surface area (TPSA) is 23.5 Å². The maximum Gasteiger partial charge on any atom is 0.130 e. The molecule has 1 heterocycles. The van der Waals surface area contributed by atoms with Gasteiger partial charge in [0, 0.05) is 36.2 Å². The number of likely N-dealkylation sites (tertiary alicyclic amines) is 1. The first kappa shape index (κ1) is 15.4. The van der Waals surface area contributed by atoms with Crippen LogP contribution in [0.25, 0.3) is 0 Å². The third kappa shape index (κ3) is 3.18. The molecule has 112 valence electrons. The Hall–Kier alpha value is -1.00. The molecule has 0 spiro atoms. The van der Waals surface area contributed by atoms with Gasteiger partial charge in [-0.1, -0.05) is 19.9 Å². The molecule has 1 aromatic rings. The first-order valence-electron chi connectivity index (χ1n) is 7.29. The lowest BCUT2D eigenvalue weighted by Crippen LogP contribution is -2.45. The highest BCUT2D eigenvalue weighted by Gasteiger charge is 2.34. The SMILES string of the molecule is CCC(c1ccc(F)cc1F)N1CCCC(C)(CO)C1. The van der Waals surface area contributed by atoms with E-state index in [0.717, 1.165) is 38.4 Å². The first-order valence-corrected chi connectivity index (χ1v) is 7.29. The van der Waals surface area contributed by atoms with E-state index in [0.29, 0.717) is 5.56 Å². The van der Waals surface area contributed by atoms with E-state index in [4.69, 9.17) is 0 Å². The van der Waals surface area contributed by atoms with E-state index in [9.17, 15) is 13.9 Å². The minimum absolute atomic E-state index is 0.0539. The van der Waals surface area contributed by atoms with Crippen LogP contribution in [-0.2, 0) is 0 Å². The van der Waals surface area contributed by atoms with Crippen molar-refractivity contribution in [1.82, 2.24) is 4.90 Å². The Kier molecular flexibility index (Phi) is 4.76. The highest BCUT2D eigenvalue weighted by atomic mass is 19.1. The standard InChI is InChI=1S/C16H23F2NO/c1-3-15(13-6-5-12(17)9-14(13)18)19-8-4-7-16(2,10-19)11-20/h5-6,9,15,20H,3-4,7-8,10-11H2,1-2H3. The zero-order chi connectivity index (χ0) is 14.8. The van der Waals surface area contributed by atoms with Crippen molar-refractivity contribution >= 4 is 0 Å². The van der Waals surface area contributed by atoms with Crippen LogP contribution in [0, 0.1) is 17.0 Å². The number of piperidine rings is 1. The average Bonchev–Trinajstić information content (AvgIpc) is 2.42. The van der Waals surface area contributed by atoms with Gasteiger partial charge in [-0.3, -0.25) is 4.90 Å². The van der Waals surface area contributed by atoms with Gasteiger partial charge in [0.05, 0.1) is 0 Å². The van der Waals surface area contributed by atoms with Gasteiger partial charge in [-0.05, 0) is 31.9 Å². The van der Waals surface area contributed by atoms with E-state index in [1.165, 1.54) is 6.07 Å². The van der Waals surface area contributed by atoms with Crippen molar-refractivity contribution in [3.8, 4) is 0 Å². The second-order valence-electron chi connectivity index (χ2n) is 6.13. The number of benzene rings is 1. The lowest BCUT2D eigenvalue weighted by molar-refractivity contribution is 0.0224. The van der Waals surface area contributed by atoms with E-state index >= 15 is 0 Å². The molecule has 2 unspecified atom stereocenters. The Balaban J connectivity index is 2.23. The third-order valence-electron chi connectivity index (χ3n) is 4.34. The van der Waals surface area contributed by atoms with Crippen molar-refractivity contribution in [2.24, 2.45) is 5.41 Å². The van der Waals surface area contributed by atoms with Gasteiger partial charge in [-0.2, -0.15) is 0 Å². The van der Waals surface area contributed by atoms with Gasteiger partial charge in [-0.15, -0.1) is 0 Å². The molecular formula is C16H23F2NO. The molecule has 0 bridgehead atoms. The normalized spacial score (nSPS) is 25.6. The van der Waals surface area contributed by atoms with Crippen molar-refractivity contribution in [2.45, 2.75) is 39.2 Å². The number of hydrogen-bond acceptors (Lipinski definition) is 2. The summed E-state index contributed by atoms with van der Waals surface area (Å²) < 4.78 is 27.0. The van der Waals surface area contributed by atoms with Gasteiger partial charge in [-0.25, -0.2) is 8.78 Å². The van der Waals surface area contributed by atoms with E-state index in [2.05, 4.69) is 11.8 Å². The van der Waals surface area contributed by atoms with Crippen LogP contribution >= 0.6 is 0 Å². The van der Waals surface area contributed by atoms with Gasteiger partial charge in [0.15, 0.2) is 0 Å². The molecule has 1 aliphatic rings. The Morgan fingerprint density at radius 3 is 2.75 bits per heavy atom. The number of nitrogens with zero attached hydrogens (tertiary/aromatic N) is 1. The minimum Gasteiger partial charge on any atom is -0.396 e. The van der Waals surface area contributed by atoms with E-state index in [-0.39, 0.29) is 18.1 Å². The highest BCUT2D eigenvalue weighted by molar-refractivity contribution is 5.22. The Labute approximate surface area is 119 Å². The van der Waals surface area contributed by atoms with Crippen molar-refractivity contribution in [2.75, 3.05) is 19.7 Å². The van der Waals surface area contributed by atoms with Gasteiger partial charge in [0.2, 0.25) is 0 Å². The third-order valence-corrected chi connectivity index (χ3v) is 4.34. The van der Waals surface area contributed by atoms with Crippen molar-refractivity contribution < 1.29 is 13.9 Å². The summed E-state index contributed by atoms with van der Waals surface area (Å²) in [6.07, 6.45) is 2.75. The molecule has 0 aliphatic carbocycles. The smallest absolute Gasteiger partial charge is 0.130 e. The molecule has 0 amide bonds. The van der Waals surface area contributed by atoms with Crippen LogP contribution in [0.1, 0.15) is 44.7 Å². The summed E-state index contributed by atoms with van der Waals surface area (Å²) in [5.74, 6) is -1.02. The lowest BCUT2D eigenvalue weighted by Gasteiger charge is -2.43. The minimum atomic E-state index is -0.542. The molecule has 1 saturated heterocycles. The monoisotopic (exact) mass is 283 g/mol. The lowest BCUT2D eigenvalue weighted by atomic mass is 9.81. The fraction of sp³-hybridized carbons (Fsp3) is 0.625. The quantitative estimate of drug-likeness (QED) is 0.914. The van der Waals surface area contributed by atoms with Crippen LogP contribution in [0.2, 0.25) is 0 Å².